The van der Waals surface area contributed by atoms with Crippen molar-refractivity contribution in [3.63, 3.8) is 0 Å². The van der Waals surface area contributed by atoms with Crippen molar-refractivity contribution in [2.45, 2.75) is 6.92 Å². The van der Waals surface area contributed by atoms with Crippen LogP contribution in [0.2, 0.25) is 5.02 Å². The summed E-state index contributed by atoms with van der Waals surface area (Å²) in [6.07, 6.45) is 1.41. The standard InChI is InChI=1S/C12H12ClFN4/c1-2-15-10-6-11(17-7-16-10)18-9-5-3-4-8(13)12(9)14/h3-7H,2H2,1H3,(H2,15,16,17,18). The van der Waals surface area contributed by atoms with E-state index in [0.717, 1.165) is 6.54 Å². The van der Waals surface area contributed by atoms with Gasteiger partial charge in [0.15, 0.2) is 5.82 Å². The Morgan fingerprint density at radius 2 is 2.06 bits per heavy atom. The molecule has 0 aliphatic carbocycles. The summed E-state index contributed by atoms with van der Waals surface area (Å²) in [6, 6.07) is 6.45. The summed E-state index contributed by atoms with van der Waals surface area (Å²) < 4.78 is 13.7. The summed E-state index contributed by atoms with van der Waals surface area (Å²) >= 11 is 5.70. The quantitative estimate of drug-likeness (QED) is 0.890. The number of benzene rings is 1. The Morgan fingerprint density at radius 3 is 2.83 bits per heavy atom. The first-order valence-corrected chi connectivity index (χ1v) is 5.85. The number of aromatic nitrogens is 2. The summed E-state index contributed by atoms with van der Waals surface area (Å²) in [5.41, 5.74) is 0.281. The molecule has 0 saturated carbocycles. The average Bonchev–Trinajstić information content (AvgIpc) is 2.36. The number of nitrogens with zero attached hydrogens (tertiary/aromatic N) is 2. The van der Waals surface area contributed by atoms with E-state index in [4.69, 9.17) is 11.6 Å². The zero-order chi connectivity index (χ0) is 13.0. The van der Waals surface area contributed by atoms with E-state index in [0.29, 0.717) is 11.6 Å². The van der Waals surface area contributed by atoms with Crippen LogP contribution in [0.4, 0.5) is 21.7 Å². The molecule has 0 atom stereocenters. The van der Waals surface area contributed by atoms with Crippen molar-refractivity contribution < 1.29 is 4.39 Å². The van der Waals surface area contributed by atoms with Crippen molar-refractivity contribution in [3.8, 4) is 0 Å². The van der Waals surface area contributed by atoms with Crippen LogP contribution in [0.3, 0.4) is 0 Å². The molecule has 2 aromatic rings. The van der Waals surface area contributed by atoms with Gasteiger partial charge < -0.3 is 10.6 Å². The highest BCUT2D eigenvalue weighted by Gasteiger charge is 2.07. The summed E-state index contributed by atoms with van der Waals surface area (Å²) in [5.74, 6) is 0.683. The molecule has 18 heavy (non-hydrogen) atoms. The first kappa shape index (κ1) is 12.6. The Bertz CT molecular complexity index is 547. The zero-order valence-electron chi connectivity index (χ0n) is 9.74. The van der Waals surface area contributed by atoms with Crippen molar-refractivity contribution >= 4 is 28.9 Å². The highest BCUT2D eigenvalue weighted by atomic mass is 35.5. The van der Waals surface area contributed by atoms with Crippen LogP contribution in [0.1, 0.15) is 6.92 Å². The molecule has 0 saturated heterocycles. The molecule has 0 radical (unpaired) electrons. The van der Waals surface area contributed by atoms with E-state index in [1.165, 1.54) is 12.4 Å². The second kappa shape index (κ2) is 5.64. The molecule has 0 spiro atoms. The van der Waals surface area contributed by atoms with Gasteiger partial charge in [-0.25, -0.2) is 14.4 Å². The maximum absolute atomic E-state index is 13.7. The van der Waals surface area contributed by atoms with Gasteiger partial charge in [0.2, 0.25) is 0 Å². The normalized spacial score (nSPS) is 10.2. The molecule has 0 aliphatic rings. The first-order chi connectivity index (χ1) is 8.70. The minimum Gasteiger partial charge on any atom is -0.370 e. The molecule has 0 amide bonds. The van der Waals surface area contributed by atoms with Gasteiger partial charge in [-0.3, -0.25) is 0 Å². The van der Waals surface area contributed by atoms with Gasteiger partial charge in [-0.15, -0.1) is 0 Å². The van der Waals surface area contributed by atoms with Crippen LogP contribution in [-0.2, 0) is 0 Å². The molecule has 4 nitrogen and oxygen atoms in total. The van der Waals surface area contributed by atoms with E-state index >= 15 is 0 Å². The van der Waals surface area contributed by atoms with Crippen LogP contribution in [0.5, 0.6) is 0 Å². The number of anilines is 3. The Kier molecular flexibility index (Phi) is 3.94. The largest absolute Gasteiger partial charge is 0.370 e. The minimum absolute atomic E-state index is 0.0703. The Hall–Kier alpha value is -1.88. The lowest BCUT2D eigenvalue weighted by Gasteiger charge is -2.08. The fraction of sp³-hybridized carbons (Fsp3) is 0.167. The summed E-state index contributed by atoms with van der Waals surface area (Å²) in [6.45, 7) is 2.72. The predicted molar refractivity (Wildman–Crippen MR) is 70.9 cm³/mol. The van der Waals surface area contributed by atoms with Gasteiger partial charge in [-0.1, -0.05) is 17.7 Å². The van der Waals surface area contributed by atoms with Crippen LogP contribution in [0.15, 0.2) is 30.6 Å². The lowest BCUT2D eigenvalue weighted by atomic mass is 10.3. The third-order valence-corrected chi connectivity index (χ3v) is 2.53. The molecule has 2 N–H and O–H groups in total. The molecular formula is C12H12ClFN4. The molecule has 1 aromatic carbocycles. The van der Waals surface area contributed by atoms with E-state index in [2.05, 4.69) is 20.6 Å². The molecular weight excluding hydrogens is 255 g/mol. The fourth-order valence-electron chi connectivity index (χ4n) is 1.44. The van der Waals surface area contributed by atoms with Crippen LogP contribution < -0.4 is 10.6 Å². The highest BCUT2D eigenvalue weighted by Crippen LogP contribution is 2.24. The van der Waals surface area contributed by atoms with Gasteiger partial charge in [0.05, 0.1) is 10.7 Å². The van der Waals surface area contributed by atoms with Gasteiger partial charge in [-0.2, -0.15) is 0 Å². The van der Waals surface area contributed by atoms with Gasteiger partial charge >= 0.3 is 0 Å². The third kappa shape index (κ3) is 2.87. The molecule has 0 unspecified atom stereocenters. The molecule has 0 aliphatic heterocycles. The molecule has 1 aromatic heterocycles. The Labute approximate surface area is 109 Å². The average molecular weight is 267 g/mol. The van der Waals surface area contributed by atoms with Crippen molar-refractivity contribution in [3.05, 3.63) is 41.4 Å². The number of halogens is 2. The van der Waals surface area contributed by atoms with Gasteiger partial charge in [0.25, 0.3) is 0 Å². The van der Waals surface area contributed by atoms with Gasteiger partial charge in [0, 0.05) is 12.6 Å². The van der Waals surface area contributed by atoms with Crippen molar-refractivity contribution in [2.24, 2.45) is 0 Å². The van der Waals surface area contributed by atoms with Crippen LogP contribution in [-0.4, -0.2) is 16.5 Å². The van der Waals surface area contributed by atoms with Crippen molar-refractivity contribution in [1.82, 2.24) is 9.97 Å². The lowest BCUT2D eigenvalue weighted by molar-refractivity contribution is 0.632. The topological polar surface area (TPSA) is 49.8 Å². The van der Waals surface area contributed by atoms with E-state index in [1.54, 1.807) is 18.2 Å². The first-order valence-electron chi connectivity index (χ1n) is 5.47. The van der Waals surface area contributed by atoms with Crippen LogP contribution in [0.25, 0.3) is 0 Å². The summed E-state index contributed by atoms with van der Waals surface area (Å²) in [4.78, 5) is 8.04. The van der Waals surface area contributed by atoms with Crippen LogP contribution >= 0.6 is 11.6 Å². The number of hydrogen-bond acceptors (Lipinski definition) is 4. The molecule has 1 heterocycles. The minimum atomic E-state index is -0.497. The second-order valence-corrected chi connectivity index (χ2v) is 3.95. The molecule has 94 valence electrons. The summed E-state index contributed by atoms with van der Waals surface area (Å²) in [7, 11) is 0. The molecule has 2 rings (SSSR count). The van der Waals surface area contributed by atoms with E-state index in [-0.39, 0.29) is 10.7 Å². The Morgan fingerprint density at radius 1 is 1.28 bits per heavy atom. The molecule has 6 heteroatoms. The van der Waals surface area contributed by atoms with Crippen LogP contribution in [0, 0.1) is 5.82 Å². The molecule has 0 fully saturated rings. The fourth-order valence-corrected chi connectivity index (χ4v) is 1.62. The van der Waals surface area contributed by atoms with Crippen molar-refractivity contribution in [2.75, 3.05) is 17.2 Å². The van der Waals surface area contributed by atoms with E-state index in [9.17, 15) is 4.39 Å². The molecule has 0 bridgehead atoms. The number of hydrogen-bond donors (Lipinski definition) is 2. The lowest BCUT2D eigenvalue weighted by Crippen LogP contribution is -2.02. The van der Waals surface area contributed by atoms with Gasteiger partial charge in [0.1, 0.15) is 18.0 Å². The van der Waals surface area contributed by atoms with E-state index in [1.807, 2.05) is 6.92 Å². The smallest absolute Gasteiger partial charge is 0.165 e. The number of rotatable bonds is 4. The van der Waals surface area contributed by atoms with Crippen molar-refractivity contribution in [1.29, 1.82) is 0 Å². The zero-order valence-corrected chi connectivity index (χ0v) is 10.5. The van der Waals surface area contributed by atoms with Gasteiger partial charge in [-0.05, 0) is 19.1 Å². The number of nitrogens with one attached hydrogen (secondary N) is 2. The Balaban J connectivity index is 2.23. The monoisotopic (exact) mass is 266 g/mol. The summed E-state index contributed by atoms with van der Waals surface area (Å²) in [5, 5.41) is 5.98. The second-order valence-electron chi connectivity index (χ2n) is 3.55. The maximum Gasteiger partial charge on any atom is 0.165 e. The third-order valence-electron chi connectivity index (χ3n) is 2.24. The maximum atomic E-state index is 13.7. The highest BCUT2D eigenvalue weighted by molar-refractivity contribution is 6.31. The van der Waals surface area contributed by atoms with E-state index < -0.39 is 5.82 Å². The SMILES string of the molecule is CCNc1cc(Nc2cccc(Cl)c2F)ncn1. The predicted octanol–water partition coefficient (Wildman–Crippen LogP) is 3.44.